The van der Waals surface area contributed by atoms with E-state index < -0.39 is 16.6 Å². The summed E-state index contributed by atoms with van der Waals surface area (Å²) in [6, 6.07) is 7.75. The molecule has 0 fully saturated rings. The standard InChI is InChI=1S/C16H15N3O6/c1-2-25-15-6-3-10(7-13(15)19(23)24)9-17-18-16(22)12-5-4-11(20)8-14(12)21/h3-9,20-21H,2H2,1H3,(H,18,22). The Morgan fingerprint density at radius 3 is 2.72 bits per heavy atom. The smallest absolute Gasteiger partial charge is 0.311 e. The first-order valence-electron chi connectivity index (χ1n) is 7.19. The summed E-state index contributed by atoms with van der Waals surface area (Å²) in [6.07, 6.45) is 1.22. The van der Waals surface area contributed by atoms with Crippen LogP contribution < -0.4 is 10.2 Å². The molecular formula is C16H15N3O6. The van der Waals surface area contributed by atoms with Crippen molar-refractivity contribution < 1.29 is 24.7 Å². The molecular weight excluding hydrogens is 330 g/mol. The molecule has 0 spiro atoms. The number of carbonyl (C=O) groups excluding carboxylic acids is 1. The van der Waals surface area contributed by atoms with E-state index in [-0.39, 0.29) is 22.7 Å². The summed E-state index contributed by atoms with van der Waals surface area (Å²) in [4.78, 5) is 22.4. The maximum atomic E-state index is 11.9. The van der Waals surface area contributed by atoms with E-state index in [4.69, 9.17) is 4.74 Å². The Bertz CT molecular complexity index is 835. The zero-order valence-electron chi connectivity index (χ0n) is 13.2. The van der Waals surface area contributed by atoms with E-state index in [2.05, 4.69) is 10.5 Å². The van der Waals surface area contributed by atoms with Gasteiger partial charge in [-0.3, -0.25) is 14.9 Å². The first kappa shape index (κ1) is 17.7. The van der Waals surface area contributed by atoms with Gasteiger partial charge in [0.2, 0.25) is 0 Å². The maximum absolute atomic E-state index is 11.9. The molecule has 0 saturated heterocycles. The molecule has 0 unspecified atom stereocenters. The molecule has 0 aliphatic carbocycles. The molecule has 0 saturated carbocycles. The minimum atomic E-state index is -0.700. The summed E-state index contributed by atoms with van der Waals surface area (Å²) in [5.41, 5.74) is 2.27. The van der Waals surface area contributed by atoms with Gasteiger partial charge in [0.25, 0.3) is 5.91 Å². The number of hydrazone groups is 1. The van der Waals surface area contributed by atoms with Crippen LogP contribution in [0.25, 0.3) is 0 Å². The van der Waals surface area contributed by atoms with E-state index in [0.717, 1.165) is 6.07 Å². The number of carbonyl (C=O) groups is 1. The van der Waals surface area contributed by atoms with E-state index in [1.807, 2.05) is 0 Å². The van der Waals surface area contributed by atoms with Crippen molar-refractivity contribution in [3.8, 4) is 17.2 Å². The number of nitro benzene ring substituents is 1. The summed E-state index contributed by atoms with van der Waals surface area (Å²) < 4.78 is 5.17. The van der Waals surface area contributed by atoms with Crippen LogP contribution in [0.4, 0.5) is 5.69 Å². The summed E-state index contributed by atoms with van der Waals surface area (Å²) in [5.74, 6) is -1.14. The summed E-state index contributed by atoms with van der Waals surface area (Å²) in [6.45, 7) is 2.01. The van der Waals surface area contributed by atoms with Gasteiger partial charge in [-0.1, -0.05) is 0 Å². The molecule has 0 bridgehead atoms. The molecule has 2 rings (SSSR count). The second kappa shape index (κ2) is 7.77. The molecule has 0 aliphatic heterocycles. The molecule has 2 aromatic carbocycles. The lowest BCUT2D eigenvalue weighted by Gasteiger charge is -2.05. The SMILES string of the molecule is CCOc1ccc(C=NNC(=O)c2ccc(O)cc2O)cc1[N+](=O)[O-]. The van der Waals surface area contributed by atoms with Gasteiger partial charge in [-0.05, 0) is 31.2 Å². The number of benzene rings is 2. The average Bonchev–Trinajstić information content (AvgIpc) is 2.56. The second-order valence-electron chi connectivity index (χ2n) is 4.82. The van der Waals surface area contributed by atoms with Gasteiger partial charge >= 0.3 is 5.69 Å². The van der Waals surface area contributed by atoms with E-state index >= 15 is 0 Å². The van der Waals surface area contributed by atoms with Gasteiger partial charge in [-0.15, -0.1) is 0 Å². The molecule has 0 atom stereocenters. The van der Waals surface area contributed by atoms with E-state index in [1.54, 1.807) is 13.0 Å². The number of phenolic OH excluding ortho intramolecular Hbond substituents is 2. The molecule has 0 radical (unpaired) electrons. The third-order valence-corrected chi connectivity index (χ3v) is 3.09. The first-order valence-corrected chi connectivity index (χ1v) is 7.19. The molecule has 0 heterocycles. The Hall–Kier alpha value is -3.62. The number of amides is 1. The van der Waals surface area contributed by atoms with Gasteiger partial charge in [-0.25, -0.2) is 5.43 Å². The van der Waals surface area contributed by atoms with Crippen LogP contribution in [-0.2, 0) is 0 Å². The lowest BCUT2D eigenvalue weighted by atomic mass is 10.2. The van der Waals surface area contributed by atoms with Crippen molar-refractivity contribution in [2.75, 3.05) is 6.61 Å². The summed E-state index contributed by atoms with van der Waals surface area (Å²) in [7, 11) is 0. The number of nitrogens with zero attached hydrogens (tertiary/aromatic N) is 2. The van der Waals surface area contributed by atoms with Gasteiger partial charge in [0.15, 0.2) is 5.75 Å². The fourth-order valence-corrected chi connectivity index (χ4v) is 1.97. The minimum absolute atomic E-state index is 0.0763. The highest BCUT2D eigenvalue weighted by Gasteiger charge is 2.15. The Morgan fingerprint density at radius 2 is 2.08 bits per heavy atom. The first-order chi connectivity index (χ1) is 11.9. The zero-order chi connectivity index (χ0) is 18.4. The quantitative estimate of drug-likeness (QED) is 0.417. The number of nitrogens with one attached hydrogen (secondary N) is 1. The molecule has 0 aliphatic rings. The van der Waals surface area contributed by atoms with E-state index in [1.165, 1.54) is 30.5 Å². The van der Waals surface area contributed by atoms with Crippen molar-refractivity contribution in [2.45, 2.75) is 6.92 Å². The van der Waals surface area contributed by atoms with Crippen LogP contribution in [0, 0.1) is 10.1 Å². The second-order valence-corrected chi connectivity index (χ2v) is 4.82. The molecule has 2 aromatic rings. The number of rotatable bonds is 6. The number of hydrogen-bond donors (Lipinski definition) is 3. The predicted molar refractivity (Wildman–Crippen MR) is 89.1 cm³/mol. The van der Waals surface area contributed by atoms with Gasteiger partial charge in [0.1, 0.15) is 11.5 Å². The number of phenols is 2. The molecule has 25 heavy (non-hydrogen) atoms. The fraction of sp³-hybridized carbons (Fsp3) is 0.125. The Balaban J connectivity index is 2.12. The van der Waals surface area contributed by atoms with Crippen molar-refractivity contribution in [3.05, 3.63) is 57.6 Å². The normalized spacial score (nSPS) is 10.6. The Morgan fingerprint density at radius 1 is 1.32 bits per heavy atom. The van der Waals surface area contributed by atoms with E-state index in [0.29, 0.717) is 12.2 Å². The fourth-order valence-electron chi connectivity index (χ4n) is 1.97. The largest absolute Gasteiger partial charge is 0.508 e. The molecule has 9 nitrogen and oxygen atoms in total. The highest BCUT2D eigenvalue weighted by molar-refractivity contribution is 5.97. The monoisotopic (exact) mass is 345 g/mol. The topological polar surface area (TPSA) is 134 Å². The average molecular weight is 345 g/mol. The van der Waals surface area contributed by atoms with Gasteiger partial charge in [0.05, 0.1) is 23.3 Å². The maximum Gasteiger partial charge on any atom is 0.311 e. The van der Waals surface area contributed by atoms with Crippen molar-refractivity contribution in [3.63, 3.8) is 0 Å². The predicted octanol–water partition coefficient (Wildman–Crippen LogP) is 2.17. The van der Waals surface area contributed by atoms with Gasteiger partial charge in [0, 0.05) is 17.7 Å². The zero-order valence-corrected chi connectivity index (χ0v) is 13.2. The number of aromatic hydroxyl groups is 2. The van der Waals surface area contributed by atoms with Gasteiger partial charge < -0.3 is 14.9 Å². The van der Waals surface area contributed by atoms with Crippen LogP contribution in [0.2, 0.25) is 0 Å². The lowest BCUT2D eigenvalue weighted by molar-refractivity contribution is -0.385. The van der Waals surface area contributed by atoms with Crippen LogP contribution in [0.1, 0.15) is 22.8 Å². The molecule has 9 heteroatoms. The van der Waals surface area contributed by atoms with Crippen LogP contribution >= 0.6 is 0 Å². The van der Waals surface area contributed by atoms with Crippen molar-refractivity contribution in [2.24, 2.45) is 5.10 Å². The minimum Gasteiger partial charge on any atom is -0.508 e. The molecule has 0 aromatic heterocycles. The van der Waals surface area contributed by atoms with E-state index in [9.17, 15) is 25.1 Å². The Kier molecular flexibility index (Phi) is 5.51. The number of hydrogen-bond acceptors (Lipinski definition) is 7. The molecule has 1 amide bonds. The summed E-state index contributed by atoms with van der Waals surface area (Å²) >= 11 is 0. The Labute approximate surface area is 142 Å². The van der Waals surface area contributed by atoms with Crippen molar-refractivity contribution >= 4 is 17.8 Å². The highest BCUT2D eigenvalue weighted by Crippen LogP contribution is 2.27. The van der Waals surface area contributed by atoms with Crippen LogP contribution in [0.15, 0.2) is 41.5 Å². The summed E-state index contributed by atoms with van der Waals surface area (Å²) in [5, 5.41) is 33.5. The van der Waals surface area contributed by atoms with Crippen LogP contribution in [0.5, 0.6) is 17.2 Å². The lowest BCUT2D eigenvalue weighted by Crippen LogP contribution is -2.17. The number of ether oxygens (including phenoxy) is 1. The third-order valence-electron chi connectivity index (χ3n) is 3.09. The van der Waals surface area contributed by atoms with Gasteiger partial charge in [-0.2, -0.15) is 5.10 Å². The van der Waals surface area contributed by atoms with Crippen molar-refractivity contribution in [1.82, 2.24) is 5.43 Å². The van der Waals surface area contributed by atoms with Crippen LogP contribution in [0.3, 0.4) is 0 Å². The third kappa shape index (κ3) is 4.44. The number of nitro groups is 1. The van der Waals surface area contributed by atoms with Crippen molar-refractivity contribution in [1.29, 1.82) is 0 Å². The highest BCUT2D eigenvalue weighted by atomic mass is 16.6. The van der Waals surface area contributed by atoms with Crippen LogP contribution in [-0.4, -0.2) is 33.9 Å². The molecule has 3 N–H and O–H groups in total. The molecule has 130 valence electrons.